The summed E-state index contributed by atoms with van der Waals surface area (Å²) in [6.07, 6.45) is -3.15. The summed E-state index contributed by atoms with van der Waals surface area (Å²) >= 11 is 11.6. The van der Waals surface area contributed by atoms with Crippen molar-refractivity contribution in [1.29, 1.82) is 5.40 Å². The van der Waals surface area contributed by atoms with Crippen molar-refractivity contribution in [2.45, 2.75) is 6.37 Å². The molecule has 0 atom stereocenters. The molecule has 15 heavy (non-hydrogen) atoms. The van der Waals surface area contributed by atoms with Crippen molar-refractivity contribution >= 4 is 35.1 Å². The van der Waals surface area contributed by atoms with Gasteiger partial charge in [0.05, 0.1) is 10.5 Å². The molecule has 0 heterocycles. The Morgan fingerprint density at radius 2 is 2.47 bits per heavy atom. The molecule has 0 saturated heterocycles. The van der Waals surface area contributed by atoms with E-state index < -0.39 is 52.0 Å². The Morgan fingerprint density at radius 3 is 3.00 bits per heavy atom. The van der Waals surface area contributed by atoms with Gasteiger partial charge in [0.1, 0.15) is 0 Å². The van der Waals surface area contributed by atoms with Gasteiger partial charge in [0, 0.05) is 12.8 Å². The Labute approximate surface area is 110 Å². The largest absolute Gasteiger partial charge is 0.370 e. The van der Waals surface area contributed by atoms with Crippen molar-refractivity contribution in [1.82, 2.24) is 5.31 Å². The highest BCUT2D eigenvalue weighted by Crippen LogP contribution is 2.24. The molecule has 0 aliphatic carbocycles. The maximum absolute atomic E-state index is 12.2. The molecule has 1 amide bonds. The molecule has 1 rings (SSSR count). The van der Waals surface area contributed by atoms with E-state index in [1.54, 1.807) is 0 Å². The quantitative estimate of drug-likeness (QED) is 0.553. The highest BCUT2D eigenvalue weighted by atomic mass is 35.5. The molecule has 80 valence electrons. The van der Waals surface area contributed by atoms with Crippen LogP contribution in [-0.2, 0) is 11.2 Å². The summed E-state index contributed by atoms with van der Waals surface area (Å²) in [5.41, 5.74) is -1.15. The van der Waals surface area contributed by atoms with Gasteiger partial charge in [-0.1, -0.05) is 29.2 Å². The van der Waals surface area contributed by atoms with Crippen molar-refractivity contribution in [3.05, 3.63) is 33.7 Å². The van der Waals surface area contributed by atoms with Gasteiger partial charge in [-0.05, 0) is 17.6 Å². The van der Waals surface area contributed by atoms with Gasteiger partial charge in [-0.3, -0.25) is 15.5 Å². The molecule has 0 bridgehead atoms. The van der Waals surface area contributed by atoms with E-state index in [1.807, 2.05) is 0 Å². The molecule has 0 aliphatic rings. The van der Waals surface area contributed by atoms with E-state index in [0.717, 1.165) is 0 Å². The van der Waals surface area contributed by atoms with Crippen LogP contribution in [0.5, 0.6) is 0 Å². The molecule has 4 nitrogen and oxygen atoms in total. The fourth-order valence-corrected chi connectivity index (χ4v) is 1.12. The zero-order valence-electron chi connectivity index (χ0n) is 16.0. The van der Waals surface area contributed by atoms with Crippen molar-refractivity contribution in [2.75, 3.05) is 0 Å². The number of halogens is 2. The average molecular weight is 255 g/mol. The first-order valence-corrected chi connectivity index (χ1v) is 4.23. The number of benzene rings is 1. The standard InChI is InChI=1S/C9H9Cl2N3O/c10-6-2-1-3-7(11)5(6)4-8(15)14-9(12)13/h1-3H,4H2,(H4,12,13,14,15)/i1D,2D,3D,4D2/hD4. The maximum atomic E-state index is 12.2. The van der Waals surface area contributed by atoms with Gasteiger partial charge in [0.2, 0.25) is 5.91 Å². The predicted octanol–water partition coefficient (Wildman–Crippen LogP) is 1.55. The van der Waals surface area contributed by atoms with Crippen LogP contribution in [0.2, 0.25) is 15.7 Å². The van der Waals surface area contributed by atoms with Gasteiger partial charge in [-0.15, -0.1) is 0 Å². The van der Waals surface area contributed by atoms with Gasteiger partial charge in [0.15, 0.2) is 11.6 Å². The summed E-state index contributed by atoms with van der Waals surface area (Å²) in [7, 11) is 0. The van der Waals surface area contributed by atoms with E-state index in [2.05, 4.69) is 5.40 Å². The number of hydrogen-bond acceptors (Lipinski definition) is 2. The lowest BCUT2D eigenvalue weighted by Crippen LogP contribution is -2.36. The number of nitrogens with two attached hydrogens (primary N) is 1. The van der Waals surface area contributed by atoms with E-state index in [-0.39, 0.29) is 11.0 Å². The number of carbonyl (C=O) groups excluding carboxylic acids is 1. The van der Waals surface area contributed by atoms with Crippen LogP contribution in [0.3, 0.4) is 0 Å². The van der Waals surface area contributed by atoms with Crippen LogP contribution in [0.15, 0.2) is 18.1 Å². The second kappa shape index (κ2) is 5.00. The molecule has 0 unspecified atom stereocenters. The Hall–Kier alpha value is -1.26. The van der Waals surface area contributed by atoms with E-state index in [1.165, 1.54) is 0 Å². The van der Waals surface area contributed by atoms with Gasteiger partial charge >= 0.3 is 0 Å². The SMILES string of the molecule is [2H]N=C(N([2H])[2H])N([2H])C(=O)C([2H])([2H])c1c(Cl)c([2H])c([2H])c([2H])c1Cl. The molecule has 6 heteroatoms. The molecule has 0 fully saturated rings. The highest BCUT2D eigenvalue weighted by molar-refractivity contribution is 6.36. The Morgan fingerprint density at radius 1 is 1.80 bits per heavy atom. The van der Waals surface area contributed by atoms with Gasteiger partial charge in [-0.2, -0.15) is 0 Å². The van der Waals surface area contributed by atoms with Crippen molar-refractivity contribution in [2.24, 2.45) is 5.72 Å². The van der Waals surface area contributed by atoms with Crippen LogP contribution in [0.25, 0.3) is 0 Å². The molecular formula is C9H9Cl2N3O. The molecule has 1 aromatic rings. The zero-order valence-corrected chi connectivity index (χ0v) is 8.52. The number of carbonyl (C=O) groups is 1. The number of amides is 1. The molecule has 0 aromatic heterocycles. The van der Waals surface area contributed by atoms with Crippen LogP contribution >= 0.6 is 23.2 Å². The minimum absolute atomic E-state index is 0.318. The molecule has 0 spiro atoms. The minimum Gasteiger partial charge on any atom is -0.370 e. The summed E-state index contributed by atoms with van der Waals surface area (Å²) in [4.78, 5) is 12.2. The molecular weight excluding hydrogens is 237 g/mol. The molecule has 0 aliphatic heterocycles. The smallest absolute Gasteiger partial charge is 0.231 e. The normalized spacial score (nSPS) is 20.4. The fraction of sp³-hybridized carbons (Fsp3) is 0.111. The number of rotatable bonds is 2. The van der Waals surface area contributed by atoms with Crippen LogP contribution in [-0.4, -0.2) is 11.9 Å². The highest BCUT2D eigenvalue weighted by Gasteiger charge is 2.10. The number of hydrogen-bond donors (Lipinski definition) is 3. The molecule has 0 saturated carbocycles. The first kappa shape index (κ1) is 4.31. The lowest BCUT2D eigenvalue weighted by Gasteiger charge is -2.06. The van der Waals surface area contributed by atoms with E-state index in [0.29, 0.717) is 0 Å². The third kappa shape index (κ3) is 3.42. The fourth-order valence-electron chi connectivity index (χ4n) is 0.698. The second-order valence-corrected chi connectivity index (χ2v) is 2.98. The summed E-state index contributed by atoms with van der Waals surface area (Å²) in [5, 5.41) is 0.912. The molecule has 4 N–H and O–H groups in total. The van der Waals surface area contributed by atoms with Crippen molar-refractivity contribution in [3.63, 3.8) is 0 Å². The zero-order chi connectivity index (χ0) is 19.0. The summed E-state index contributed by atoms with van der Waals surface area (Å²) in [5.74, 6) is -2.84. The third-order valence-electron chi connectivity index (χ3n) is 1.22. The van der Waals surface area contributed by atoms with Crippen LogP contribution in [0.1, 0.15) is 12.4 Å². The topological polar surface area (TPSA) is 79.0 Å². The molecule has 1 aromatic carbocycles. The summed E-state index contributed by atoms with van der Waals surface area (Å²) in [6, 6.07) is -2.13. The second-order valence-electron chi connectivity index (χ2n) is 2.22. The first-order chi connectivity index (χ1) is 10.9. The van der Waals surface area contributed by atoms with Crippen LogP contribution in [0.4, 0.5) is 0 Å². The lowest BCUT2D eigenvalue weighted by molar-refractivity contribution is -0.119. The van der Waals surface area contributed by atoms with E-state index >= 15 is 0 Å². The number of guanidine groups is 1. The minimum atomic E-state index is -3.15. The summed E-state index contributed by atoms with van der Waals surface area (Å²) < 4.78 is 66.4. The predicted molar refractivity (Wildman–Crippen MR) is 60.2 cm³/mol. The van der Waals surface area contributed by atoms with Crippen molar-refractivity contribution < 1.29 is 17.3 Å². The maximum Gasteiger partial charge on any atom is 0.231 e. The van der Waals surface area contributed by atoms with Gasteiger partial charge in [0.25, 0.3) is 0 Å². The third-order valence-corrected chi connectivity index (χ3v) is 1.78. The monoisotopic (exact) mass is 254 g/mol. The van der Waals surface area contributed by atoms with Crippen LogP contribution < -0.4 is 11.0 Å². The first-order valence-electron chi connectivity index (χ1n) is 7.77. The Balaban J connectivity index is 3.54. The molecule has 0 radical (unpaired) electrons. The van der Waals surface area contributed by atoms with Crippen molar-refractivity contribution in [3.8, 4) is 0 Å². The van der Waals surface area contributed by atoms with Gasteiger partial charge < -0.3 is 5.72 Å². The van der Waals surface area contributed by atoms with Crippen LogP contribution in [0, 0.1) is 5.40 Å². The number of nitrogens with one attached hydrogen (secondary N) is 2. The van der Waals surface area contributed by atoms with E-state index in [9.17, 15) is 4.79 Å². The van der Waals surface area contributed by atoms with E-state index in [4.69, 9.17) is 35.7 Å². The average Bonchev–Trinajstić information content (AvgIpc) is 2.50. The summed E-state index contributed by atoms with van der Waals surface area (Å²) in [6.45, 7) is 0. The Kier molecular flexibility index (Phi) is 1.44. The lowest BCUT2D eigenvalue weighted by atomic mass is 10.1. The Bertz CT molecular complexity index is 683. The van der Waals surface area contributed by atoms with Gasteiger partial charge in [-0.25, -0.2) is 0 Å².